The Labute approximate surface area is 106 Å². The van der Waals surface area contributed by atoms with E-state index in [0.717, 1.165) is 0 Å². The van der Waals surface area contributed by atoms with Gasteiger partial charge in [0.25, 0.3) is 0 Å². The van der Waals surface area contributed by atoms with Crippen molar-refractivity contribution in [1.29, 1.82) is 0 Å². The summed E-state index contributed by atoms with van der Waals surface area (Å²) < 4.78 is 14.7. The number of methoxy groups -OCH3 is 2. The van der Waals surface area contributed by atoms with E-state index in [0.29, 0.717) is 18.8 Å². The molecule has 1 heterocycles. The summed E-state index contributed by atoms with van der Waals surface area (Å²) in [4.78, 5) is 13.1. The number of ether oxygens (including phenoxy) is 2. The van der Waals surface area contributed by atoms with Gasteiger partial charge in [-0.25, -0.2) is 4.79 Å². The van der Waals surface area contributed by atoms with Crippen molar-refractivity contribution < 1.29 is 23.8 Å². The number of hydrogen-bond donors (Lipinski definition) is 1. The van der Waals surface area contributed by atoms with E-state index in [2.05, 4.69) is 4.74 Å². The summed E-state index contributed by atoms with van der Waals surface area (Å²) in [5, 5.41) is 9.56. The summed E-state index contributed by atoms with van der Waals surface area (Å²) in [6.45, 7) is 1.25. The van der Waals surface area contributed by atoms with E-state index in [4.69, 9.17) is 9.15 Å². The number of likely N-dealkylation sites (N-methyl/N-ethyl adjacent to an activating group) is 1. The quantitative estimate of drug-likeness (QED) is 0.717. The number of carbonyl (C=O) groups excluding carboxylic acids is 1. The minimum atomic E-state index is -0.546. The van der Waals surface area contributed by atoms with Crippen LogP contribution in [0.5, 0.6) is 0 Å². The topological polar surface area (TPSA) is 72.1 Å². The second-order valence-electron chi connectivity index (χ2n) is 4.06. The van der Waals surface area contributed by atoms with E-state index in [1.54, 1.807) is 19.2 Å². The second-order valence-corrected chi connectivity index (χ2v) is 4.06. The zero-order valence-electron chi connectivity index (χ0n) is 10.9. The molecule has 0 aromatic carbocycles. The number of aliphatic hydroxyl groups is 1. The van der Waals surface area contributed by atoms with Crippen LogP contribution < -0.4 is 0 Å². The molecule has 1 aromatic rings. The molecule has 0 bridgehead atoms. The largest absolute Gasteiger partial charge is 0.463 e. The summed E-state index contributed by atoms with van der Waals surface area (Å²) in [5.41, 5.74) is 0. The SMILES string of the molecule is COCC(O)CN(C)Cc1ccc(C(=O)OC)o1. The first-order valence-electron chi connectivity index (χ1n) is 5.59. The van der Waals surface area contributed by atoms with E-state index in [1.807, 2.05) is 11.9 Å². The van der Waals surface area contributed by atoms with Crippen LogP contribution in [0.4, 0.5) is 0 Å². The van der Waals surface area contributed by atoms with Gasteiger partial charge >= 0.3 is 5.97 Å². The summed E-state index contributed by atoms with van der Waals surface area (Å²) in [6.07, 6.45) is -0.546. The number of carbonyl (C=O) groups is 1. The van der Waals surface area contributed by atoms with E-state index < -0.39 is 12.1 Å². The number of furan rings is 1. The molecule has 18 heavy (non-hydrogen) atoms. The maximum atomic E-state index is 11.2. The molecule has 1 N–H and O–H groups in total. The lowest BCUT2D eigenvalue weighted by molar-refractivity contribution is 0.0402. The normalized spacial score (nSPS) is 12.7. The number of nitrogens with zero attached hydrogens (tertiary/aromatic N) is 1. The molecule has 1 rings (SSSR count). The van der Waals surface area contributed by atoms with Gasteiger partial charge in [0.2, 0.25) is 5.76 Å². The number of esters is 1. The lowest BCUT2D eigenvalue weighted by Gasteiger charge is -2.18. The van der Waals surface area contributed by atoms with Gasteiger partial charge < -0.3 is 19.0 Å². The molecule has 0 aliphatic heterocycles. The van der Waals surface area contributed by atoms with E-state index >= 15 is 0 Å². The van der Waals surface area contributed by atoms with E-state index in [9.17, 15) is 9.90 Å². The predicted molar refractivity (Wildman–Crippen MR) is 64.3 cm³/mol. The lowest BCUT2D eigenvalue weighted by atomic mass is 10.3. The van der Waals surface area contributed by atoms with Crippen molar-refractivity contribution in [2.75, 3.05) is 34.4 Å². The van der Waals surface area contributed by atoms with Crippen LogP contribution in [0.3, 0.4) is 0 Å². The van der Waals surface area contributed by atoms with Gasteiger partial charge in [-0.2, -0.15) is 0 Å². The maximum absolute atomic E-state index is 11.2. The van der Waals surface area contributed by atoms with Gasteiger partial charge in [-0.05, 0) is 19.2 Å². The molecule has 1 aromatic heterocycles. The Morgan fingerprint density at radius 1 is 1.50 bits per heavy atom. The van der Waals surface area contributed by atoms with Crippen LogP contribution in [0, 0.1) is 0 Å². The van der Waals surface area contributed by atoms with Crippen LogP contribution in [-0.2, 0) is 16.0 Å². The molecule has 0 radical (unpaired) electrons. The van der Waals surface area contributed by atoms with Crippen molar-refractivity contribution >= 4 is 5.97 Å². The highest BCUT2D eigenvalue weighted by molar-refractivity contribution is 5.86. The zero-order valence-corrected chi connectivity index (χ0v) is 10.9. The number of hydrogen-bond acceptors (Lipinski definition) is 6. The van der Waals surface area contributed by atoms with Crippen molar-refractivity contribution in [2.24, 2.45) is 0 Å². The molecular weight excluding hydrogens is 238 g/mol. The Bertz CT molecular complexity index is 376. The van der Waals surface area contributed by atoms with Gasteiger partial charge in [0, 0.05) is 13.7 Å². The van der Waals surface area contributed by atoms with Gasteiger partial charge in [0.15, 0.2) is 0 Å². The smallest absolute Gasteiger partial charge is 0.373 e. The van der Waals surface area contributed by atoms with E-state index in [-0.39, 0.29) is 12.4 Å². The van der Waals surface area contributed by atoms with Crippen LogP contribution in [0.2, 0.25) is 0 Å². The highest BCUT2D eigenvalue weighted by Crippen LogP contribution is 2.11. The Morgan fingerprint density at radius 2 is 2.22 bits per heavy atom. The fourth-order valence-corrected chi connectivity index (χ4v) is 1.61. The van der Waals surface area contributed by atoms with E-state index in [1.165, 1.54) is 7.11 Å². The summed E-state index contributed by atoms with van der Waals surface area (Å²) >= 11 is 0. The third-order valence-corrected chi connectivity index (χ3v) is 2.36. The second kappa shape index (κ2) is 7.15. The Morgan fingerprint density at radius 3 is 2.83 bits per heavy atom. The monoisotopic (exact) mass is 257 g/mol. The molecule has 0 saturated carbocycles. The third kappa shape index (κ3) is 4.48. The van der Waals surface area contributed by atoms with Gasteiger partial charge in [0.1, 0.15) is 5.76 Å². The molecule has 0 fully saturated rings. The summed E-state index contributed by atoms with van der Waals surface area (Å²) in [7, 11) is 4.69. The van der Waals surface area contributed by atoms with Crippen LogP contribution in [0.1, 0.15) is 16.3 Å². The minimum absolute atomic E-state index is 0.179. The summed E-state index contributed by atoms with van der Waals surface area (Å²) in [6, 6.07) is 3.28. The molecule has 6 heteroatoms. The van der Waals surface area contributed by atoms with Crippen molar-refractivity contribution in [2.45, 2.75) is 12.6 Å². The van der Waals surface area contributed by atoms with Crippen molar-refractivity contribution in [3.63, 3.8) is 0 Å². The summed E-state index contributed by atoms with van der Waals surface area (Å²) in [5.74, 6) is 0.323. The molecule has 0 aliphatic carbocycles. The average molecular weight is 257 g/mol. The first-order chi connectivity index (χ1) is 8.56. The van der Waals surface area contributed by atoms with Crippen molar-refractivity contribution in [1.82, 2.24) is 4.90 Å². The zero-order chi connectivity index (χ0) is 13.5. The maximum Gasteiger partial charge on any atom is 0.373 e. The van der Waals surface area contributed by atoms with Gasteiger partial charge in [-0.15, -0.1) is 0 Å². The highest BCUT2D eigenvalue weighted by atomic mass is 16.5. The first-order valence-corrected chi connectivity index (χ1v) is 5.59. The Hall–Kier alpha value is -1.37. The van der Waals surface area contributed by atoms with Gasteiger partial charge in [-0.1, -0.05) is 0 Å². The fraction of sp³-hybridized carbons (Fsp3) is 0.583. The molecule has 102 valence electrons. The predicted octanol–water partition coefficient (Wildman–Crippen LogP) is 0.505. The van der Waals surface area contributed by atoms with Crippen molar-refractivity contribution in [3.05, 3.63) is 23.7 Å². The van der Waals surface area contributed by atoms with Crippen molar-refractivity contribution in [3.8, 4) is 0 Å². The van der Waals surface area contributed by atoms with Crippen LogP contribution in [0.15, 0.2) is 16.5 Å². The number of rotatable bonds is 7. The fourth-order valence-electron chi connectivity index (χ4n) is 1.61. The Balaban J connectivity index is 2.46. The molecule has 0 spiro atoms. The standard InChI is InChI=1S/C12H19NO5/c1-13(6-9(14)8-16-2)7-10-4-5-11(18-10)12(15)17-3/h4-5,9,14H,6-8H2,1-3H3. The van der Waals surface area contributed by atoms with Crippen LogP contribution in [-0.4, -0.2) is 56.5 Å². The number of aliphatic hydroxyl groups excluding tert-OH is 1. The Kier molecular flexibility index (Phi) is 5.84. The van der Waals surface area contributed by atoms with Crippen LogP contribution in [0.25, 0.3) is 0 Å². The van der Waals surface area contributed by atoms with Crippen LogP contribution >= 0.6 is 0 Å². The molecule has 1 unspecified atom stereocenters. The molecule has 0 aliphatic rings. The van der Waals surface area contributed by atoms with Gasteiger partial charge in [0.05, 0.1) is 26.4 Å². The average Bonchev–Trinajstić information content (AvgIpc) is 2.76. The third-order valence-electron chi connectivity index (χ3n) is 2.36. The molecule has 0 amide bonds. The molecule has 0 saturated heterocycles. The van der Waals surface area contributed by atoms with Gasteiger partial charge in [-0.3, -0.25) is 4.90 Å². The molecule has 1 atom stereocenters. The highest BCUT2D eigenvalue weighted by Gasteiger charge is 2.13. The first kappa shape index (κ1) is 14.7. The lowest BCUT2D eigenvalue weighted by Crippen LogP contribution is -2.31. The molecular formula is C12H19NO5. The minimum Gasteiger partial charge on any atom is -0.463 e. The molecule has 6 nitrogen and oxygen atoms in total.